The minimum atomic E-state index is -0.536. The van der Waals surface area contributed by atoms with E-state index in [0.29, 0.717) is 6.42 Å². The summed E-state index contributed by atoms with van der Waals surface area (Å²) in [5, 5.41) is 10.3. The molecule has 0 amide bonds. The average molecular weight is 335 g/mol. The normalized spacial score (nSPS) is 20.9. The molecule has 104 valence electrons. The van der Waals surface area contributed by atoms with E-state index in [0.717, 1.165) is 27.1 Å². The van der Waals surface area contributed by atoms with E-state index in [1.807, 2.05) is 42.5 Å². The maximum atomic E-state index is 10.3. The van der Waals surface area contributed by atoms with Gasteiger partial charge in [-0.2, -0.15) is 0 Å². The van der Waals surface area contributed by atoms with Crippen molar-refractivity contribution in [3.05, 3.63) is 58.1 Å². The van der Waals surface area contributed by atoms with Crippen molar-refractivity contribution in [2.75, 3.05) is 7.11 Å². The maximum Gasteiger partial charge on any atom is 0.130 e. The van der Waals surface area contributed by atoms with Crippen LogP contribution in [0.3, 0.4) is 0 Å². The Hall–Kier alpha value is -1.52. The van der Waals surface area contributed by atoms with Crippen LogP contribution in [0, 0.1) is 0 Å². The largest absolute Gasteiger partial charge is 0.496 e. The summed E-state index contributed by atoms with van der Waals surface area (Å²) in [6.07, 6.45) is -0.218. The number of ether oxygens (including phenoxy) is 2. The lowest BCUT2D eigenvalue weighted by molar-refractivity contribution is 0.0644. The summed E-state index contributed by atoms with van der Waals surface area (Å²) in [6, 6.07) is 13.4. The molecule has 20 heavy (non-hydrogen) atoms. The Balaban J connectivity index is 1.97. The molecule has 1 aliphatic heterocycles. The monoisotopic (exact) mass is 334 g/mol. The van der Waals surface area contributed by atoms with Crippen LogP contribution in [-0.4, -0.2) is 12.2 Å². The van der Waals surface area contributed by atoms with Crippen LogP contribution in [0.2, 0.25) is 0 Å². The molecule has 3 nitrogen and oxygen atoms in total. The summed E-state index contributed by atoms with van der Waals surface area (Å²) in [4.78, 5) is 0. The molecule has 2 atom stereocenters. The molecule has 0 bridgehead atoms. The molecule has 0 radical (unpaired) electrons. The van der Waals surface area contributed by atoms with E-state index in [1.165, 1.54) is 0 Å². The van der Waals surface area contributed by atoms with Gasteiger partial charge in [0.25, 0.3) is 0 Å². The highest BCUT2D eigenvalue weighted by Gasteiger charge is 2.29. The highest BCUT2D eigenvalue weighted by Crippen LogP contribution is 2.43. The maximum absolute atomic E-state index is 10.3. The number of methoxy groups -OCH3 is 1. The lowest BCUT2D eigenvalue weighted by Gasteiger charge is -2.30. The van der Waals surface area contributed by atoms with Crippen LogP contribution in [0.5, 0.6) is 11.5 Å². The fraction of sp³-hybridized carbons (Fsp3) is 0.250. The first-order valence-corrected chi connectivity index (χ1v) is 7.25. The van der Waals surface area contributed by atoms with Crippen LogP contribution >= 0.6 is 15.9 Å². The molecule has 0 fully saturated rings. The molecule has 3 rings (SSSR count). The zero-order valence-corrected chi connectivity index (χ0v) is 12.6. The molecule has 0 saturated carbocycles. The Labute approximate surface area is 126 Å². The molecule has 0 aromatic heterocycles. The average Bonchev–Trinajstić information content (AvgIpc) is 2.47. The third-order valence-corrected chi connectivity index (χ3v) is 4.02. The SMILES string of the molecule is COc1ccccc1C1C[C@@H](O)c2cc(Br)ccc2O1. The van der Waals surface area contributed by atoms with Crippen molar-refractivity contribution < 1.29 is 14.6 Å². The van der Waals surface area contributed by atoms with Gasteiger partial charge in [0.2, 0.25) is 0 Å². The number of benzene rings is 2. The van der Waals surface area contributed by atoms with Gasteiger partial charge in [0.05, 0.1) is 13.2 Å². The molecule has 2 aromatic carbocycles. The summed E-state index contributed by atoms with van der Waals surface area (Å²) in [7, 11) is 1.64. The standard InChI is InChI=1S/C16H15BrO3/c1-19-14-5-3-2-4-11(14)16-9-13(18)12-8-10(17)6-7-15(12)20-16/h2-8,13,16,18H,9H2,1H3/t13-,16?/m1/s1. The first kappa shape index (κ1) is 13.5. The first-order chi connectivity index (χ1) is 9.69. The molecule has 1 unspecified atom stereocenters. The number of hydrogen-bond donors (Lipinski definition) is 1. The Morgan fingerprint density at radius 1 is 1.20 bits per heavy atom. The fourth-order valence-electron chi connectivity index (χ4n) is 2.54. The minimum Gasteiger partial charge on any atom is -0.496 e. The molecule has 4 heteroatoms. The van der Waals surface area contributed by atoms with E-state index in [-0.39, 0.29) is 6.10 Å². The molecule has 0 saturated heterocycles. The highest BCUT2D eigenvalue weighted by molar-refractivity contribution is 9.10. The molecule has 1 heterocycles. The van der Waals surface area contributed by atoms with Gasteiger partial charge in [0.1, 0.15) is 17.6 Å². The van der Waals surface area contributed by atoms with E-state index < -0.39 is 6.10 Å². The van der Waals surface area contributed by atoms with Gasteiger partial charge in [0, 0.05) is 22.0 Å². The predicted octanol–water partition coefficient (Wildman–Crippen LogP) is 4.01. The van der Waals surface area contributed by atoms with Gasteiger partial charge in [-0.15, -0.1) is 0 Å². The quantitative estimate of drug-likeness (QED) is 0.901. The van der Waals surface area contributed by atoms with Crippen LogP contribution in [0.4, 0.5) is 0 Å². The van der Waals surface area contributed by atoms with E-state index >= 15 is 0 Å². The van der Waals surface area contributed by atoms with Crippen molar-refractivity contribution in [1.82, 2.24) is 0 Å². The number of aliphatic hydroxyl groups excluding tert-OH is 1. The number of fused-ring (bicyclic) bond motifs is 1. The van der Waals surface area contributed by atoms with Crippen LogP contribution < -0.4 is 9.47 Å². The second kappa shape index (κ2) is 5.46. The fourth-order valence-corrected chi connectivity index (χ4v) is 2.92. The number of para-hydroxylation sites is 1. The molecule has 0 aliphatic carbocycles. The van der Waals surface area contributed by atoms with Crippen molar-refractivity contribution in [2.24, 2.45) is 0 Å². The summed E-state index contributed by atoms with van der Waals surface area (Å²) < 4.78 is 12.3. The topological polar surface area (TPSA) is 38.7 Å². The summed E-state index contributed by atoms with van der Waals surface area (Å²) in [5.41, 5.74) is 1.79. The van der Waals surface area contributed by atoms with Gasteiger partial charge >= 0.3 is 0 Å². The predicted molar refractivity (Wildman–Crippen MR) is 80.1 cm³/mol. The van der Waals surface area contributed by atoms with Gasteiger partial charge < -0.3 is 14.6 Å². The van der Waals surface area contributed by atoms with Gasteiger partial charge in [0.15, 0.2) is 0 Å². The summed E-state index contributed by atoms with van der Waals surface area (Å²) in [6.45, 7) is 0. The Bertz CT molecular complexity index is 627. The minimum absolute atomic E-state index is 0.199. The van der Waals surface area contributed by atoms with Crippen LogP contribution in [0.25, 0.3) is 0 Å². The second-order valence-electron chi connectivity index (χ2n) is 4.78. The van der Waals surface area contributed by atoms with Crippen LogP contribution in [0.1, 0.15) is 29.8 Å². The second-order valence-corrected chi connectivity index (χ2v) is 5.70. The van der Waals surface area contributed by atoms with E-state index in [1.54, 1.807) is 7.11 Å². The summed E-state index contributed by atoms with van der Waals surface area (Å²) >= 11 is 3.41. The molecule has 0 spiro atoms. The molecular formula is C16H15BrO3. The van der Waals surface area contributed by atoms with E-state index in [9.17, 15) is 5.11 Å². The molecule has 2 aromatic rings. The summed E-state index contributed by atoms with van der Waals surface area (Å²) in [5.74, 6) is 1.51. The number of halogens is 1. The molecule has 1 N–H and O–H groups in total. The van der Waals surface area contributed by atoms with Crippen LogP contribution in [-0.2, 0) is 0 Å². The smallest absolute Gasteiger partial charge is 0.130 e. The van der Waals surface area contributed by atoms with Gasteiger partial charge in [-0.05, 0) is 24.3 Å². The Kier molecular flexibility index (Phi) is 3.68. The highest BCUT2D eigenvalue weighted by atomic mass is 79.9. The van der Waals surface area contributed by atoms with E-state index in [4.69, 9.17) is 9.47 Å². The molecule has 1 aliphatic rings. The Morgan fingerprint density at radius 2 is 2.00 bits per heavy atom. The van der Waals surface area contributed by atoms with Gasteiger partial charge in [-0.1, -0.05) is 34.1 Å². The number of hydrogen-bond acceptors (Lipinski definition) is 3. The third-order valence-electron chi connectivity index (χ3n) is 3.52. The van der Waals surface area contributed by atoms with Crippen molar-refractivity contribution in [1.29, 1.82) is 0 Å². The Morgan fingerprint density at radius 3 is 2.80 bits per heavy atom. The van der Waals surface area contributed by atoms with Crippen LogP contribution in [0.15, 0.2) is 46.9 Å². The van der Waals surface area contributed by atoms with Crippen molar-refractivity contribution in [2.45, 2.75) is 18.6 Å². The van der Waals surface area contributed by atoms with E-state index in [2.05, 4.69) is 15.9 Å². The molecular weight excluding hydrogens is 320 g/mol. The third kappa shape index (κ3) is 2.41. The van der Waals surface area contributed by atoms with Gasteiger partial charge in [-0.3, -0.25) is 0 Å². The van der Waals surface area contributed by atoms with Gasteiger partial charge in [-0.25, -0.2) is 0 Å². The lowest BCUT2D eigenvalue weighted by Crippen LogP contribution is -2.19. The van der Waals surface area contributed by atoms with Crippen molar-refractivity contribution >= 4 is 15.9 Å². The number of aliphatic hydroxyl groups is 1. The zero-order valence-electron chi connectivity index (χ0n) is 11.0. The first-order valence-electron chi connectivity index (χ1n) is 6.46. The zero-order chi connectivity index (χ0) is 14.1. The van der Waals surface area contributed by atoms with Crippen molar-refractivity contribution in [3.8, 4) is 11.5 Å². The number of rotatable bonds is 2. The van der Waals surface area contributed by atoms with Crippen molar-refractivity contribution in [3.63, 3.8) is 0 Å². The lowest BCUT2D eigenvalue weighted by atomic mass is 9.94.